The summed E-state index contributed by atoms with van der Waals surface area (Å²) in [4.78, 5) is 8.75. The fourth-order valence-electron chi connectivity index (χ4n) is 1.96. The van der Waals surface area contributed by atoms with Crippen molar-refractivity contribution < 1.29 is 4.74 Å². The number of nitrogens with two attached hydrogens (primary N) is 1. The zero-order chi connectivity index (χ0) is 13.8. The van der Waals surface area contributed by atoms with Gasteiger partial charge in [-0.2, -0.15) is 0 Å². The number of rotatable bonds is 4. The SMILES string of the molecule is NCc1ccc(OCc2ccc3ccccc3n2)cn1. The van der Waals surface area contributed by atoms with E-state index >= 15 is 0 Å². The second kappa shape index (κ2) is 5.67. The highest BCUT2D eigenvalue weighted by Gasteiger charge is 2.00. The Balaban J connectivity index is 1.72. The fourth-order valence-corrected chi connectivity index (χ4v) is 1.96. The number of para-hydroxylation sites is 1. The predicted octanol–water partition coefficient (Wildman–Crippen LogP) is 2.67. The number of aromatic nitrogens is 2. The van der Waals surface area contributed by atoms with E-state index < -0.39 is 0 Å². The molecule has 4 nitrogen and oxygen atoms in total. The van der Waals surface area contributed by atoms with Crippen molar-refractivity contribution in [1.82, 2.24) is 9.97 Å². The summed E-state index contributed by atoms with van der Waals surface area (Å²) in [5, 5.41) is 1.13. The molecule has 3 rings (SSSR count). The molecule has 0 aliphatic heterocycles. The van der Waals surface area contributed by atoms with Crippen LogP contribution in [0.25, 0.3) is 10.9 Å². The van der Waals surface area contributed by atoms with Crippen LogP contribution in [-0.2, 0) is 13.2 Å². The molecule has 0 unspecified atom stereocenters. The van der Waals surface area contributed by atoms with Crippen LogP contribution in [0.3, 0.4) is 0 Å². The van der Waals surface area contributed by atoms with Crippen molar-refractivity contribution in [1.29, 1.82) is 0 Å². The van der Waals surface area contributed by atoms with Crippen LogP contribution in [-0.4, -0.2) is 9.97 Å². The smallest absolute Gasteiger partial charge is 0.138 e. The Kier molecular flexibility index (Phi) is 3.56. The van der Waals surface area contributed by atoms with Gasteiger partial charge < -0.3 is 10.5 Å². The number of ether oxygens (including phenoxy) is 1. The summed E-state index contributed by atoms with van der Waals surface area (Å²) < 4.78 is 5.67. The van der Waals surface area contributed by atoms with Crippen molar-refractivity contribution in [3.63, 3.8) is 0 Å². The second-order valence-corrected chi connectivity index (χ2v) is 4.47. The van der Waals surface area contributed by atoms with Crippen LogP contribution < -0.4 is 10.5 Å². The zero-order valence-corrected chi connectivity index (χ0v) is 11.0. The topological polar surface area (TPSA) is 61.0 Å². The van der Waals surface area contributed by atoms with Crippen LogP contribution in [0.2, 0.25) is 0 Å². The Morgan fingerprint density at radius 1 is 0.950 bits per heavy atom. The van der Waals surface area contributed by atoms with Crippen LogP contribution >= 0.6 is 0 Å². The van der Waals surface area contributed by atoms with Crippen molar-refractivity contribution >= 4 is 10.9 Å². The molecule has 0 atom stereocenters. The molecule has 100 valence electrons. The molecule has 2 heterocycles. The molecule has 0 fully saturated rings. The molecule has 0 aliphatic carbocycles. The maximum atomic E-state index is 5.67. The lowest BCUT2D eigenvalue weighted by Gasteiger charge is -2.06. The van der Waals surface area contributed by atoms with E-state index in [0.29, 0.717) is 13.2 Å². The fraction of sp³-hybridized carbons (Fsp3) is 0.125. The van der Waals surface area contributed by atoms with E-state index in [1.165, 1.54) is 0 Å². The Morgan fingerprint density at radius 3 is 2.60 bits per heavy atom. The molecule has 4 heteroatoms. The maximum absolute atomic E-state index is 5.67. The number of benzene rings is 1. The molecule has 0 radical (unpaired) electrons. The number of hydrogen-bond acceptors (Lipinski definition) is 4. The number of fused-ring (bicyclic) bond motifs is 1. The average molecular weight is 265 g/mol. The zero-order valence-electron chi connectivity index (χ0n) is 11.0. The molecule has 0 saturated heterocycles. The number of nitrogens with zero attached hydrogens (tertiary/aromatic N) is 2. The summed E-state index contributed by atoms with van der Waals surface area (Å²) in [6.07, 6.45) is 1.68. The lowest BCUT2D eigenvalue weighted by molar-refractivity contribution is 0.300. The molecule has 1 aromatic carbocycles. The van der Waals surface area contributed by atoms with Crippen molar-refractivity contribution in [3.8, 4) is 5.75 Å². The van der Waals surface area contributed by atoms with E-state index in [9.17, 15) is 0 Å². The molecule has 20 heavy (non-hydrogen) atoms. The molecule has 0 amide bonds. The van der Waals surface area contributed by atoms with E-state index in [-0.39, 0.29) is 0 Å². The van der Waals surface area contributed by atoms with E-state index in [2.05, 4.69) is 16.0 Å². The van der Waals surface area contributed by atoms with Crippen LogP contribution in [0.15, 0.2) is 54.7 Å². The minimum absolute atomic E-state index is 0.425. The molecule has 0 bridgehead atoms. The second-order valence-electron chi connectivity index (χ2n) is 4.47. The van der Waals surface area contributed by atoms with Gasteiger partial charge in [-0.3, -0.25) is 4.98 Å². The van der Waals surface area contributed by atoms with Crippen molar-refractivity contribution in [2.24, 2.45) is 5.73 Å². The van der Waals surface area contributed by atoms with E-state index in [4.69, 9.17) is 10.5 Å². The average Bonchev–Trinajstić information content (AvgIpc) is 2.53. The van der Waals surface area contributed by atoms with Gasteiger partial charge >= 0.3 is 0 Å². The van der Waals surface area contributed by atoms with Gasteiger partial charge in [-0.05, 0) is 24.3 Å². The molecule has 2 N–H and O–H groups in total. The van der Waals surface area contributed by atoms with Gasteiger partial charge in [0.1, 0.15) is 12.4 Å². The standard InChI is InChI=1S/C16H15N3O/c17-9-13-7-8-15(10-18-13)20-11-14-6-5-12-3-1-2-4-16(12)19-14/h1-8,10H,9,11,17H2. The first-order chi connectivity index (χ1) is 9.85. The monoisotopic (exact) mass is 265 g/mol. The molecular weight excluding hydrogens is 250 g/mol. The summed E-state index contributed by atoms with van der Waals surface area (Å²) in [5.41, 5.74) is 8.22. The van der Waals surface area contributed by atoms with E-state index in [1.54, 1.807) is 6.20 Å². The lowest BCUT2D eigenvalue weighted by atomic mass is 10.2. The van der Waals surface area contributed by atoms with Gasteiger partial charge in [0.25, 0.3) is 0 Å². The highest BCUT2D eigenvalue weighted by molar-refractivity contribution is 5.78. The molecule has 3 aromatic rings. The Hall–Kier alpha value is -2.46. The van der Waals surface area contributed by atoms with Crippen LogP contribution in [0.4, 0.5) is 0 Å². The molecule has 0 saturated carbocycles. The third kappa shape index (κ3) is 2.75. The molecular formula is C16H15N3O. The minimum Gasteiger partial charge on any atom is -0.486 e. The van der Waals surface area contributed by atoms with Crippen molar-refractivity contribution in [2.75, 3.05) is 0 Å². The quantitative estimate of drug-likeness (QED) is 0.787. The lowest BCUT2D eigenvalue weighted by Crippen LogP contribution is -2.01. The van der Waals surface area contributed by atoms with Crippen LogP contribution in [0.5, 0.6) is 5.75 Å². The van der Waals surface area contributed by atoms with Gasteiger partial charge in [-0.15, -0.1) is 0 Å². The first-order valence-electron chi connectivity index (χ1n) is 6.47. The summed E-state index contributed by atoms with van der Waals surface area (Å²) in [5.74, 6) is 0.720. The first kappa shape index (κ1) is 12.6. The third-order valence-electron chi connectivity index (χ3n) is 3.05. The Labute approximate surface area is 117 Å². The highest BCUT2D eigenvalue weighted by Crippen LogP contribution is 2.14. The van der Waals surface area contributed by atoms with Gasteiger partial charge in [0.15, 0.2) is 0 Å². The molecule has 0 spiro atoms. The van der Waals surface area contributed by atoms with Crippen LogP contribution in [0, 0.1) is 0 Å². The van der Waals surface area contributed by atoms with Crippen LogP contribution in [0.1, 0.15) is 11.4 Å². The largest absolute Gasteiger partial charge is 0.486 e. The van der Waals surface area contributed by atoms with Gasteiger partial charge in [0.05, 0.1) is 23.1 Å². The number of hydrogen-bond donors (Lipinski definition) is 1. The van der Waals surface area contributed by atoms with E-state index in [0.717, 1.165) is 28.0 Å². The minimum atomic E-state index is 0.425. The highest BCUT2D eigenvalue weighted by atomic mass is 16.5. The maximum Gasteiger partial charge on any atom is 0.138 e. The summed E-state index contributed by atoms with van der Waals surface area (Å²) >= 11 is 0. The van der Waals surface area contributed by atoms with Gasteiger partial charge in [-0.1, -0.05) is 24.3 Å². The van der Waals surface area contributed by atoms with Crippen molar-refractivity contribution in [2.45, 2.75) is 13.2 Å². The third-order valence-corrected chi connectivity index (χ3v) is 3.05. The summed E-state index contributed by atoms with van der Waals surface area (Å²) in [7, 11) is 0. The first-order valence-corrected chi connectivity index (χ1v) is 6.47. The Morgan fingerprint density at radius 2 is 1.80 bits per heavy atom. The molecule has 0 aliphatic rings. The number of pyridine rings is 2. The predicted molar refractivity (Wildman–Crippen MR) is 78.2 cm³/mol. The van der Waals surface area contributed by atoms with Crippen molar-refractivity contribution in [3.05, 3.63) is 66.1 Å². The summed E-state index contributed by atoms with van der Waals surface area (Å²) in [6, 6.07) is 15.8. The molecule has 2 aromatic heterocycles. The van der Waals surface area contributed by atoms with Gasteiger partial charge in [0.2, 0.25) is 0 Å². The normalized spacial score (nSPS) is 10.7. The van der Waals surface area contributed by atoms with E-state index in [1.807, 2.05) is 42.5 Å². The van der Waals surface area contributed by atoms with Gasteiger partial charge in [0, 0.05) is 11.9 Å². The van der Waals surface area contributed by atoms with Gasteiger partial charge in [-0.25, -0.2) is 4.98 Å². The summed E-state index contributed by atoms with van der Waals surface area (Å²) in [6.45, 7) is 0.862. The Bertz CT molecular complexity index is 710.